The fourth-order valence-electron chi connectivity index (χ4n) is 5.05. The fraction of sp³-hybridized carbons (Fsp3) is 0.360. The number of benzene rings is 2. The highest BCUT2D eigenvalue weighted by Crippen LogP contribution is 2.52. The average Bonchev–Trinajstić information content (AvgIpc) is 3.45. The third-order valence-corrected chi connectivity index (χ3v) is 6.57. The van der Waals surface area contributed by atoms with E-state index in [0.29, 0.717) is 13.1 Å². The quantitative estimate of drug-likeness (QED) is 0.555. The molecule has 2 aromatic rings. The maximum Gasteiger partial charge on any atom is 0.234 e. The molecule has 5 rings (SSSR count). The lowest BCUT2D eigenvalue weighted by Gasteiger charge is -2.23. The van der Waals surface area contributed by atoms with Crippen LogP contribution in [0, 0.1) is 11.8 Å². The van der Waals surface area contributed by atoms with E-state index in [1.165, 1.54) is 5.56 Å². The molecular formula is C25H26N2O4. The molecule has 2 saturated heterocycles. The van der Waals surface area contributed by atoms with Crippen molar-refractivity contribution in [3.05, 3.63) is 72.3 Å². The molecule has 2 amide bonds. The minimum atomic E-state index is -0.715. The SMILES string of the molecule is COc1ccc(N2C[C@]34C=C[C@@H](O3)[C@H](C(=O)NCCCc3ccccc3)[C@H]4C2=O)cc1. The number of nitrogens with zero attached hydrogens (tertiary/aromatic N) is 1. The van der Waals surface area contributed by atoms with Crippen LogP contribution >= 0.6 is 0 Å². The Kier molecular flexibility index (Phi) is 5.02. The Balaban J connectivity index is 1.26. The van der Waals surface area contributed by atoms with Crippen LogP contribution in [0.4, 0.5) is 5.69 Å². The lowest BCUT2D eigenvalue weighted by molar-refractivity contribution is -0.131. The molecule has 1 spiro atoms. The van der Waals surface area contributed by atoms with Crippen LogP contribution in [-0.2, 0) is 20.7 Å². The third-order valence-electron chi connectivity index (χ3n) is 6.57. The van der Waals surface area contributed by atoms with Crippen LogP contribution in [0.5, 0.6) is 5.75 Å². The molecule has 0 unspecified atom stereocenters. The molecule has 2 aromatic carbocycles. The molecule has 6 heteroatoms. The predicted octanol–water partition coefficient (Wildman–Crippen LogP) is 2.73. The van der Waals surface area contributed by atoms with Gasteiger partial charge in [0.15, 0.2) is 0 Å². The highest BCUT2D eigenvalue weighted by atomic mass is 16.5. The summed E-state index contributed by atoms with van der Waals surface area (Å²) < 4.78 is 11.4. The Hall–Kier alpha value is -3.12. The van der Waals surface area contributed by atoms with Gasteiger partial charge in [0.1, 0.15) is 11.4 Å². The van der Waals surface area contributed by atoms with E-state index in [4.69, 9.17) is 9.47 Å². The van der Waals surface area contributed by atoms with Gasteiger partial charge < -0.3 is 19.7 Å². The van der Waals surface area contributed by atoms with Gasteiger partial charge >= 0.3 is 0 Å². The molecule has 0 saturated carbocycles. The van der Waals surface area contributed by atoms with Gasteiger partial charge in [0.05, 0.1) is 31.6 Å². The largest absolute Gasteiger partial charge is 0.497 e. The van der Waals surface area contributed by atoms with Gasteiger partial charge in [0.25, 0.3) is 0 Å². The van der Waals surface area contributed by atoms with E-state index in [2.05, 4.69) is 17.4 Å². The molecule has 0 aromatic heterocycles. The van der Waals surface area contributed by atoms with Gasteiger partial charge in [-0.25, -0.2) is 0 Å². The topological polar surface area (TPSA) is 67.9 Å². The number of carbonyl (C=O) groups is 2. The summed E-state index contributed by atoms with van der Waals surface area (Å²) in [5.74, 6) is -0.393. The first-order valence-electron chi connectivity index (χ1n) is 10.8. The lowest BCUT2D eigenvalue weighted by Crippen LogP contribution is -2.44. The molecule has 4 atom stereocenters. The van der Waals surface area contributed by atoms with Gasteiger partial charge in [-0.3, -0.25) is 9.59 Å². The van der Waals surface area contributed by atoms with Crippen molar-refractivity contribution in [2.45, 2.75) is 24.5 Å². The van der Waals surface area contributed by atoms with E-state index < -0.39 is 17.4 Å². The van der Waals surface area contributed by atoms with Crippen molar-refractivity contribution in [2.75, 3.05) is 25.1 Å². The molecule has 3 aliphatic rings. The summed E-state index contributed by atoms with van der Waals surface area (Å²) in [6, 6.07) is 17.6. The summed E-state index contributed by atoms with van der Waals surface area (Å²) in [4.78, 5) is 28.1. The van der Waals surface area contributed by atoms with E-state index in [0.717, 1.165) is 24.3 Å². The standard InChI is InChI=1S/C25H26N2O4/c1-30-19-11-9-18(10-12-19)27-16-25-14-13-20(31-25)21(22(25)24(27)29)23(28)26-15-5-8-17-6-3-2-4-7-17/h2-4,6-7,9-14,20-22H,5,8,15-16H2,1H3,(H,26,28)/t20-,21+,22+,25+/m1/s1. The minimum absolute atomic E-state index is 0.0542. The summed E-state index contributed by atoms with van der Waals surface area (Å²) >= 11 is 0. The van der Waals surface area contributed by atoms with Gasteiger partial charge in [0.2, 0.25) is 11.8 Å². The van der Waals surface area contributed by atoms with E-state index in [1.54, 1.807) is 12.0 Å². The van der Waals surface area contributed by atoms with Crippen molar-refractivity contribution in [1.29, 1.82) is 0 Å². The molecule has 31 heavy (non-hydrogen) atoms. The maximum absolute atomic E-state index is 13.4. The number of rotatable bonds is 7. The van der Waals surface area contributed by atoms with Crippen molar-refractivity contribution in [3.8, 4) is 5.75 Å². The molecule has 2 fully saturated rings. The monoisotopic (exact) mass is 418 g/mol. The Morgan fingerprint density at radius 2 is 1.97 bits per heavy atom. The van der Waals surface area contributed by atoms with Crippen LogP contribution < -0.4 is 15.0 Å². The van der Waals surface area contributed by atoms with Gasteiger partial charge in [-0.2, -0.15) is 0 Å². The van der Waals surface area contributed by atoms with Crippen molar-refractivity contribution in [3.63, 3.8) is 0 Å². The second kappa shape index (κ2) is 7.85. The zero-order chi connectivity index (χ0) is 21.4. The highest BCUT2D eigenvalue weighted by molar-refractivity contribution is 6.03. The van der Waals surface area contributed by atoms with E-state index in [1.807, 2.05) is 54.6 Å². The first kappa shape index (κ1) is 19.8. The van der Waals surface area contributed by atoms with Crippen molar-refractivity contribution in [1.82, 2.24) is 5.32 Å². The number of hydrogen-bond acceptors (Lipinski definition) is 4. The predicted molar refractivity (Wildman–Crippen MR) is 117 cm³/mol. The molecule has 160 valence electrons. The Labute approximate surface area is 181 Å². The number of nitrogens with one attached hydrogen (secondary N) is 1. The third kappa shape index (κ3) is 3.41. The van der Waals surface area contributed by atoms with Crippen LogP contribution in [0.1, 0.15) is 12.0 Å². The van der Waals surface area contributed by atoms with Crippen molar-refractivity contribution in [2.24, 2.45) is 11.8 Å². The van der Waals surface area contributed by atoms with Crippen molar-refractivity contribution >= 4 is 17.5 Å². The molecule has 6 nitrogen and oxygen atoms in total. The summed E-state index contributed by atoms with van der Waals surface area (Å²) in [7, 11) is 1.61. The van der Waals surface area contributed by atoms with Crippen LogP contribution in [0.2, 0.25) is 0 Å². The van der Waals surface area contributed by atoms with Crippen LogP contribution in [0.15, 0.2) is 66.7 Å². The number of fused-ring (bicyclic) bond motifs is 1. The number of hydrogen-bond donors (Lipinski definition) is 1. The lowest BCUT2D eigenvalue weighted by atomic mass is 9.77. The minimum Gasteiger partial charge on any atom is -0.497 e. The maximum atomic E-state index is 13.4. The Morgan fingerprint density at radius 1 is 1.19 bits per heavy atom. The zero-order valence-corrected chi connectivity index (χ0v) is 17.5. The van der Waals surface area contributed by atoms with Gasteiger partial charge in [-0.05, 0) is 42.7 Å². The summed E-state index contributed by atoms with van der Waals surface area (Å²) in [6.07, 6.45) is 5.34. The summed E-state index contributed by atoms with van der Waals surface area (Å²) in [5, 5.41) is 3.04. The van der Waals surface area contributed by atoms with E-state index in [-0.39, 0.29) is 17.9 Å². The summed E-state index contributed by atoms with van der Waals surface area (Å²) in [6.45, 7) is 1.00. The normalized spacial score (nSPS) is 28.1. The molecule has 0 aliphatic carbocycles. The van der Waals surface area contributed by atoms with Crippen LogP contribution in [-0.4, -0.2) is 43.7 Å². The molecule has 3 heterocycles. The van der Waals surface area contributed by atoms with E-state index in [9.17, 15) is 9.59 Å². The van der Waals surface area contributed by atoms with Crippen molar-refractivity contribution < 1.29 is 19.1 Å². The second-order valence-electron chi connectivity index (χ2n) is 8.40. The smallest absolute Gasteiger partial charge is 0.234 e. The first-order chi connectivity index (χ1) is 15.1. The first-order valence-corrected chi connectivity index (χ1v) is 10.8. The zero-order valence-electron chi connectivity index (χ0n) is 17.5. The van der Waals surface area contributed by atoms with Crippen LogP contribution in [0.3, 0.4) is 0 Å². The fourth-order valence-corrected chi connectivity index (χ4v) is 5.05. The number of ether oxygens (including phenoxy) is 2. The number of amides is 2. The molecule has 1 N–H and O–H groups in total. The van der Waals surface area contributed by atoms with Gasteiger partial charge in [-0.15, -0.1) is 0 Å². The molecule has 2 bridgehead atoms. The number of aryl methyl sites for hydroxylation is 1. The molecule has 3 aliphatic heterocycles. The van der Waals surface area contributed by atoms with Crippen LogP contribution in [0.25, 0.3) is 0 Å². The highest BCUT2D eigenvalue weighted by Gasteiger charge is 2.67. The average molecular weight is 418 g/mol. The Bertz CT molecular complexity index is 1000. The Morgan fingerprint density at radius 3 is 2.71 bits per heavy atom. The summed E-state index contributed by atoms with van der Waals surface area (Å²) in [5.41, 5.74) is 1.33. The van der Waals surface area contributed by atoms with E-state index >= 15 is 0 Å². The number of anilines is 1. The number of methoxy groups -OCH3 is 1. The number of carbonyl (C=O) groups excluding carboxylic acids is 2. The molecular weight excluding hydrogens is 392 g/mol. The van der Waals surface area contributed by atoms with Gasteiger partial charge in [0, 0.05) is 12.2 Å². The molecule has 0 radical (unpaired) electrons. The second-order valence-corrected chi connectivity index (χ2v) is 8.40. The van der Waals surface area contributed by atoms with Gasteiger partial charge in [-0.1, -0.05) is 42.5 Å².